The van der Waals surface area contributed by atoms with Crippen LogP contribution in [0.15, 0.2) is 42.6 Å². The summed E-state index contributed by atoms with van der Waals surface area (Å²) < 4.78 is 5.21. The molecule has 2 aromatic rings. The van der Waals surface area contributed by atoms with Crippen molar-refractivity contribution in [3.8, 4) is 11.5 Å². The average Bonchev–Trinajstić information content (AvgIpc) is 2.46. The molecule has 19 heavy (non-hydrogen) atoms. The lowest BCUT2D eigenvalue weighted by Crippen LogP contribution is -2.18. The third kappa shape index (κ3) is 3.69. The van der Waals surface area contributed by atoms with E-state index in [4.69, 9.17) is 4.74 Å². The van der Waals surface area contributed by atoms with Crippen LogP contribution >= 0.6 is 0 Å². The van der Waals surface area contributed by atoms with Gasteiger partial charge in [0.1, 0.15) is 11.5 Å². The molecule has 0 aliphatic carbocycles. The number of ether oxygens (including phenoxy) is 1. The molecular weight excluding hydrogens is 240 g/mol. The first-order valence-corrected chi connectivity index (χ1v) is 6.20. The summed E-state index contributed by atoms with van der Waals surface area (Å²) in [5.74, 6) is 1.04. The second kappa shape index (κ2) is 6.20. The first-order chi connectivity index (χ1) is 9.19. The van der Waals surface area contributed by atoms with Gasteiger partial charge < -0.3 is 15.2 Å². The summed E-state index contributed by atoms with van der Waals surface area (Å²) in [6.07, 6.45) is 1.45. The normalized spacial score (nSPS) is 12.1. The molecule has 0 bridgehead atoms. The maximum Gasteiger partial charge on any atom is 0.133 e. The van der Waals surface area contributed by atoms with Crippen LogP contribution in [0.25, 0.3) is 0 Å². The van der Waals surface area contributed by atoms with Crippen molar-refractivity contribution in [1.29, 1.82) is 0 Å². The number of hydrogen-bond donors (Lipinski definition) is 2. The van der Waals surface area contributed by atoms with Crippen molar-refractivity contribution in [3.63, 3.8) is 0 Å². The Hall–Kier alpha value is -2.07. The summed E-state index contributed by atoms with van der Waals surface area (Å²) in [5, 5.41) is 12.6. The fourth-order valence-corrected chi connectivity index (χ4v) is 1.81. The quantitative estimate of drug-likeness (QED) is 0.865. The highest BCUT2D eigenvalue weighted by atomic mass is 16.5. The predicted octanol–water partition coefficient (Wildman–Crippen LogP) is 2.65. The van der Waals surface area contributed by atoms with Crippen LogP contribution in [0.4, 0.5) is 0 Å². The van der Waals surface area contributed by atoms with Gasteiger partial charge >= 0.3 is 0 Å². The van der Waals surface area contributed by atoms with Crippen molar-refractivity contribution in [2.75, 3.05) is 7.11 Å². The molecule has 4 nitrogen and oxygen atoms in total. The number of rotatable bonds is 5. The molecule has 0 saturated heterocycles. The van der Waals surface area contributed by atoms with E-state index >= 15 is 0 Å². The van der Waals surface area contributed by atoms with Crippen LogP contribution in [0.2, 0.25) is 0 Å². The summed E-state index contributed by atoms with van der Waals surface area (Å²) in [6.45, 7) is 2.74. The number of aromatic hydroxyl groups is 1. The highest BCUT2D eigenvalue weighted by Crippen LogP contribution is 2.19. The van der Waals surface area contributed by atoms with Crippen molar-refractivity contribution in [1.82, 2.24) is 10.3 Å². The number of benzene rings is 1. The van der Waals surface area contributed by atoms with Crippen LogP contribution in [0.1, 0.15) is 24.2 Å². The molecular formula is C15H18N2O2. The topological polar surface area (TPSA) is 54.4 Å². The summed E-state index contributed by atoms with van der Waals surface area (Å²) in [7, 11) is 1.66. The van der Waals surface area contributed by atoms with E-state index < -0.39 is 0 Å². The van der Waals surface area contributed by atoms with E-state index in [1.54, 1.807) is 19.2 Å². The molecule has 0 saturated carbocycles. The second-order valence-corrected chi connectivity index (χ2v) is 4.39. The summed E-state index contributed by atoms with van der Waals surface area (Å²) >= 11 is 0. The Bertz CT molecular complexity index is 526. The molecule has 2 rings (SSSR count). The van der Waals surface area contributed by atoms with Gasteiger partial charge in [0.05, 0.1) is 19.0 Å². The fraction of sp³-hybridized carbons (Fsp3) is 0.267. The maximum atomic E-state index is 9.17. The van der Waals surface area contributed by atoms with Crippen LogP contribution in [0, 0.1) is 0 Å². The summed E-state index contributed by atoms with van der Waals surface area (Å²) in [6, 6.07) is 11.6. The zero-order valence-electron chi connectivity index (χ0n) is 11.1. The Morgan fingerprint density at radius 3 is 2.84 bits per heavy atom. The van der Waals surface area contributed by atoms with Gasteiger partial charge in [-0.05, 0) is 36.8 Å². The first-order valence-electron chi connectivity index (χ1n) is 6.20. The highest BCUT2D eigenvalue weighted by molar-refractivity contribution is 5.30. The van der Waals surface area contributed by atoms with Crippen molar-refractivity contribution >= 4 is 0 Å². The Morgan fingerprint density at radius 1 is 1.32 bits per heavy atom. The van der Waals surface area contributed by atoms with Crippen molar-refractivity contribution in [3.05, 3.63) is 53.9 Å². The minimum Gasteiger partial charge on any atom is -0.506 e. The van der Waals surface area contributed by atoms with Gasteiger partial charge in [-0.25, -0.2) is 0 Å². The molecule has 0 aliphatic rings. The molecule has 1 atom stereocenters. The van der Waals surface area contributed by atoms with Gasteiger partial charge in [0.2, 0.25) is 0 Å². The molecule has 0 fully saturated rings. The van der Waals surface area contributed by atoms with E-state index in [-0.39, 0.29) is 11.8 Å². The van der Waals surface area contributed by atoms with Crippen LogP contribution in [-0.2, 0) is 6.54 Å². The standard InChI is InChI=1S/C15H18N2O2/c1-11(12-4-3-5-15(8-12)19-2)16-9-13-6-7-14(18)10-17-13/h3-8,10-11,16,18H,9H2,1-2H3. The molecule has 0 aliphatic heterocycles. The molecule has 0 spiro atoms. The largest absolute Gasteiger partial charge is 0.506 e. The SMILES string of the molecule is COc1cccc(C(C)NCc2ccc(O)cn2)c1. The molecule has 1 aromatic carbocycles. The third-order valence-corrected chi connectivity index (χ3v) is 2.99. The van der Waals surface area contributed by atoms with E-state index in [1.165, 1.54) is 6.20 Å². The summed E-state index contributed by atoms with van der Waals surface area (Å²) in [4.78, 5) is 4.14. The summed E-state index contributed by atoms with van der Waals surface area (Å²) in [5.41, 5.74) is 2.06. The highest BCUT2D eigenvalue weighted by Gasteiger charge is 2.06. The van der Waals surface area contributed by atoms with Crippen molar-refractivity contribution in [2.24, 2.45) is 0 Å². The predicted molar refractivity (Wildman–Crippen MR) is 74.2 cm³/mol. The zero-order valence-corrected chi connectivity index (χ0v) is 11.1. The lowest BCUT2D eigenvalue weighted by molar-refractivity contribution is 0.413. The van der Waals surface area contributed by atoms with Gasteiger partial charge in [-0.1, -0.05) is 12.1 Å². The Morgan fingerprint density at radius 2 is 2.16 bits per heavy atom. The zero-order chi connectivity index (χ0) is 13.7. The Balaban J connectivity index is 1.96. The lowest BCUT2D eigenvalue weighted by Gasteiger charge is -2.14. The van der Waals surface area contributed by atoms with Gasteiger partial charge in [0, 0.05) is 12.6 Å². The minimum absolute atomic E-state index is 0.185. The second-order valence-electron chi connectivity index (χ2n) is 4.39. The molecule has 1 unspecified atom stereocenters. The number of nitrogens with one attached hydrogen (secondary N) is 1. The fourth-order valence-electron chi connectivity index (χ4n) is 1.81. The Labute approximate surface area is 113 Å². The number of hydrogen-bond acceptors (Lipinski definition) is 4. The smallest absolute Gasteiger partial charge is 0.133 e. The molecule has 1 aromatic heterocycles. The molecule has 100 valence electrons. The number of nitrogens with zero attached hydrogens (tertiary/aromatic N) is 1. The van der Waals surface area contributed by atoms with Crippen LogP contribution in [0.3, 0.4) is 0 Å². The first kappa shape index (κ1) is 13.4. The van der Waals surface area contributed by atoms with Crippen molar-refractivity contribution in [2.45, 2.75) is 19.5 Å². The van der Waals surface area contributed by atoms with E-state index in [0.29, 0.717) is 6.54 Å². The van der Waals surface area contributed by atoms with Crippen LogP contribution < -0.4 is 10.1 Å². The molecule has 4 heteroatoms. The van der Waals surface area contributed by atoms with Gasteiger partial charge in [0.15, 0.2) is 0 Å². The van der Waals surface area contributed by atoms with E-state index in [9.17, 15) is 5.11 Å². The lowest BCUT2D eigenvalue weighted by atomic mass is 10.1. The van der Waals surface area contributed by atoms with E-state index in [2.05, 4.69) is 23.3 Å². The van der Waals surface area contributed by atoms with Gasteiger partial charge in [-0.2, -0.15) is 0 Å². The monoisotopic (exact) mass is 258 g/mol. The number of methoxy groups -OCH3 is 1. The molecule has 1 heterocycles. The van der Waals surface area contributed by atoms with E-state index in [1.807, 2.05) is 18.2 Å². The Kier molecular flexibility index (Phi) is 4.36. The maximum absolute atomic E-state index is 9.17. The van der Waals surface area contributed by atoms with Gasteiger partial charge in [-0.15, -0.1) is 0 Å². The van der Waals surface area contributed by atoms with Gasteiger partial charge in [-0.3, -0.25) is 4.98 Å². The van der Waals surface area contributed by atoms with Crippen molar-refractivity contribution < 1.29 is 9.84 Å². The van der Waals surface area contributed by atoms with E-state index in [0.717, 1.165) is 17.0 Å². The number of pyridine rings is 1. The minimum atomic E-state index is 0.185. The van der Waals surface area contributed by atoms with Gasteiger partial charge in [0.25, 0.3) is 0 Å². The molecule has 2 N–H and O–H groups in total. The van der Waals surface area contributed by atoms with Crippen LogP contribution in [-0.4, -0.2) is 17.2 Å². The average molecular weight is 258 g/mol. The third-order valence-electron chi connectivity index (χ3n) is 2.99. The molecule has 0 amide bonds. The van der Waals surface area contributed by atoms with Crippen LogP contribution in [0.5, 0.6) is 11.5 Å². The molecule has 0 radical (unpaired) electrons. The number of aromatic nitrogens is 1.